The molecule has 0 bridgehead atoms. The Labute approximate surface area is 124 Å². The van der Waals surface area contributed by atoms with Gasteiger partial charge in [-0.1, -0.05) is 30.3 Å². The molecule has 0 spiro atoms. The maximum Gasteiger partial charge on any atom is 0.410 e. The number of nitrogens with zero attached hydrogens (tertiary/aromatic N) is 1. The van der Waals surface area contributed by atoms with Gasteiger partial charge in [0.05, 0.1) is 6.54 Å². The number of fused-ring (bicyclic) bond motifs is 1. The summed E-state index contributed by atoms with van der Waals surface area (Å²) in [7, 11) is 0. The van der Waals surface area contributed by atoms with Gasteiger partial charge in [-0.3, -0.25) is 0 Å². The fraction of sp³-hybridized carbons (Fsp3) is 0.353. The van der Waals surface area contributed by atoms with Crippen molar-refractivity contribution in [3.05, 3.63) is 42.5 Å². The van der Waals surface area contributed by atoms with E-state index in [4.69, 9.17) is 9.47 Å². The van der Waals surface area contributed by atoms with Crippen molar-refractivity contribution in [1.29, 1.82) is 0 Å². The Morgan fingerprint density at radius 1 is 1.24 bits per heavy atom. The van der Waals surface area contributed by atoms with Gasteiger partial charge in [0.2, 0.25) is 0 Å². The van der Waals surface area contributed by atoms with E-state index in [1.165, 1.54) is 5.39 Å². The summed E-state index contributed by atoms with van der Waals surface area (Å²) in [5.74, 6) is 0.799. The van der Waals surface area contributed by atoms with Gasteiger partial charge in [0.25, 0.3) is 0 Å². The first kappa shape index (κ1) is 13.7. The van der Waals surface area contributed by atoms with Crippen molar-refractivity contribution in [2.24, 2.45) is 0 Å². The monoisotopic (exact) mass is 285 g/mol. The van der Waals surface area contributed by atoms with Gasteiger partial charge in [0.15, 0.2) is 6.10 Å². The van der Waals surface area contributed by atoms with Crippen molar-refractivity contribution in [1.82, 2.24) is 4.90 Å². The SMILES string of the molecule is CC(C)N1CC(COc2ccc3ccccc3c2)OC1=O. The fourth-order valence-corrected chi connectivity index (χ4v) is 2.50. The Bertz CT molecular complexity index is 653. The van der Waals surface area contributed by atoms with E-state index < -0.39 is 0 Å². The molecule has 110 valence electrons. The van der Waals surface area contributed by atoms with E-state index in [0.717, 1.165) is 11.1 Å². The van der Waals surface area contributed by atoms with Crippen LogP contribution in [0.3, 0.4) is 0 Å². The molecule has 1 aliphatic heterocycles. The molecule has 0 saturated carbocycles. The maximum absolute atomic E-state index is 11.7. The van der Waals surface area contributed by atoms with E-state index in [9.17, 15) is 4.79 Å². The van der Waals surface area contributed by atoms with Gasteiger partial charge in [-0.05, 0) is 36.8 Å². The Morgan fingerprint density at radius 3 is 2.71 bits per heavy atom. The lowest BCUT2D eigenvalue weighted by atomic mass is 10.1. The van der Waals surface area contributed by atoms with Crippen LogP contribution in [0.2, 0.25) is 0 Å². The third-order valence-electron chi connectivity index (χ3n) is 3.68. The average molecular weight is 285 g/mol. The lowest BCUT2D eigenvalue weighted by molar-refractivity contribution is 0.102. The third kappa shape index (κ3) is 2.94. The minimum absolute atomic E-state index is 0.156. The predicted molar refractivity (Wildman–Crippen MR) is 81.6 cm³/mol. The smallest absolute Gasteiger partial charge is 0.410 e. The topological polar surface area (TPSA) is 38.8 Å². The van der Waals surface area contributed by atoms with Gasteiger partial charge in [-0.2, -0.15) is 0 Å². The van der Waals surface area contributed by atoms with Gasteiger partial charge in [0, 0.05) is 6.04 Å². The number of ether oxygens (including phenoxy) is 2. The van der Waals surface area contributed by atoms with E-state index in [0.29, 0.717) is 13.2 Å². The molecule has 1 heterocycles. The number of carbonyl (C=O) groups is 1. The van der Waals surface area contributed by atoms with Gasteiger partial charge in [0.1, 0.15) is 12.4 Å². The van der Waals surface area contributed by atoms with Gasteiger partial charge >= 0.3 is 6.09 Å². The molecule has 3 rings (SSSR count). The molecule has 4 nitrogen and oxygen atoms in total. The van der Waals surface area contributed by atoms with Crippen molar-refractivity contribution < 1.29 is 14.3 Å². The molecule has 1 fully saturated rings. The molecular formula is C17H19NO3. The first-order chi connectivity index (χ1) is 10.1. The average Bonchev–Trinajstić information content (AvgIpc) is 2.86. The number of hydrogen-bond donors (Lipinski definition) is 0. The first-order valence-electron chi connectivity index (χ1n) is 7.22. The van der Waals surface area contributed by atoms with Gasteiger partial charge < -0.3 is 14.4 Å². The summed E-state index contributed by atoms with van der Waals surface area (Å²) in [6.07, 6.45) is -0.455. The molecular weight excluding hydrogens is 266 g/mol. The fourth-order valence-electron chi connectivity index (χ4n) is 2.50. The second-order valence-electron chi connectivity index (χ2n) is 5.57. The molecule has 0 radical (unpaired) electrons. The number of amides is 1. The highest BCUT2D eigenvalue weighted by atomic mass is 16.6. The molecule has 2 aromatic rings. The van der Waals surface area contributed by atoms with Crippen LogP contribution < -0.4 is 4.74 Å². The van der Waals surface area contributed by atoms with Crippen molar-refractivity contribution in [2.75, 3.05) is 13.2 Å². The van der Waals surface area contributed by atoms with E-state index in [-0.39, 0.29) is 18.2 Å². The molecule has 1 unspecified atom stereocenters. The quantitative estimate of drug-likeness (QED) is 0.863. The third-order valence-corrected chi connectivity index (χ3v) is 3.68. The minimum Gasteiger partial charge on any atom is -0.490 e. The molecule has 0 aromatic heterocycles. The first-order valence-corrected chi connectivity index (χ1v) is 7.22. The number of hydrogen-bond acceptors (Lipinski definition) is 3. The van der Waals surface area contributed by atoms with E-state index >= 15 is 0 Å². The normalized spacial score (nSPS) is 18.3. The Kier molecular flexibility index (Phi) is 3.69. The molecule has 2 aromatic carbocycles. The van der Waals surface area contributed by atoms with Crippen molar-refractivity contribution >= 4 is 16.9 Å². The zero-order valence-electron chi connectivity index (χ0n) is 12.3. The molecule has 1 saturated heterocycles. The second kappa shape index (κ2) is 5.64. The van der Waals surface area contributed by atoms with Crippen molar-refractivity contribution in [2.45, 2.75) is 26.0 Å². The van der Waals surface area contributed by atoms with Gasteiger partial charge in [-0.15, -0.1) is 0 Å². The van der Waals surface area contributed by atoms with Gasteiger partial charge in [-0.25, -0.2) is 4.79 Å². The van der Waals surface area contributed by atoms with Crippen LogP contribution in [0.1, 0.15) is 13.8 Å². The number of cyclic esters (lactones) is 1. The second-order valence-corrected chi connectivity index (χ2v) is 5.57. The molecule has 1 aliphatic rings. The highest BCUT2D eigenvalue weighted by molar-refractivity contribution is 5.83. The highest BCUT2D eigenvalue weighted by Crippen LogP contribution is 2.22. The van der Waals surface area contributed by atoms with Crippen LogP contribution in [0.4, 0.5) is 4.79 Å². The standard InChI is InChI=1S/C17H19NO3/c1-12(2)18-10-16(21-17(18)19)11-20-15-8-7-13-5-3-4-6-14(13)9-15/h3-9,12,16H,10-11H2,1-2H3. The Hall–Kier alpha value is -2.23. The Morgan fingerprint density at radius 2 is 2.00 bits per heavy atom. The maximum atomic E-state index is 11.7. The van der Waals surface area contributed by atoms with Crippen LogP contribution in [0.25, 0.3) is 10.8 Å². The lowest BCUT2D eigenvalue weighted by Gasteiger charge is -2.16. The van der Waals surface area contributed by atoms with Crippen LogP contribution in [0.15, 0.2) is 42.5 Å². The predicted octanol–water partition coefficient (Wildman–Crippen LogP) is 3.45. The summed E-state index contributed by atoms with van der Waals surface area (Å²) in [5.41, 5.74) is 0. The molecule has 1 atom stereocenters. The number of carbonyl (C=O) groups excluding carboxylic acids is 1. The summed E-state index contributed by atoms with van der Waals surface area (Å²) in [5, 5.41) is 2.32. The van der Waals surface area contributed by atoms with E-state index in [1.807, 2.05) is 44.2 Å². The molecule has 21 heavy (non-hydrogen) atoms. The van der Waals surface area contributed by atoms with Crippen LogP contribution in [0, 0.1) is 0 Å². The van der Waals surface area contributed by atoms with Crippen LogP contribution in [0.5, 0.6) is 5.75 Å². The summed E-state index contributed by atoms with van der Waals surface area (Å²) >= 11 is 0. The number of rotatable bonds is 4. The molecule has 0 aliphatic carbocycles. The lowest BCUT2D eigenvalue weighted by Crippen LogP contribution is -2.32. The van der Waals surface area contributed by atoms with Crippen LogP contribution in [-0.2, 0) is 4.74 Å². The van der Waals surface area contributed by atoms with Crippen LogP contribution >= 0.6 is 0 Å². The Balaban J connectivity index is 1.63. The largest absolute Gasteiger partial charge is 0.490 e. The van der Waals surface area contributed by atoms with Crippen molar-refractivity contribution in [3.8, 4) is 5.75 Å². The van der Waals surface area contributed by atoms with E-state index in [2.05, 4.69) is 12.1 Å². The molecule has 0 N–H and O–H groups in total. The summed E-state index contributed by atoms with van der Waals surface area (Å²) in [6.45, 7) is 4.93. The summed E-state index contributed by atoms with van der Waals surface area (Å²) in [4.78, 5) is 13.4. The van der Waals surface area contributed by atoms with Crippen LogP contribution in [-0.4, -0.2) is 36.3 Å². The van der Waals surface area contributed by atoms with E-state index in [1.54, 1.807) is 4.90 Å². The zero-order valence-corrected chi connectivity index (χ0v) is 12.3. The minimum atomic E-state index is -0.253. The zero-order chi connectivity index (χ0) is 14.8. The summed E-state index contributed by atoms with van der Waals surface area (Å²) < 4.78 is 11.1. The molecule has 1 amide bonds. The highest BCUT2D eigenvalue weighted by Gasteiger charge is 2.33. The number of benzene rings is 2. The molecule has 4 heteroatoms. The summed E-state index contributed by atoms with van der Waals surface area (Å²) in [6, 6.07) is 14.3. The van der Waals surface area contributed by atoms with Crippen molar-refractivity contribution in [3.63, 3.8) is 0 Å².